The van der Waals surface area contributed by atoms with Crippen LogP contribution in [0.2, 0.25) is 0 Å². The van der Waals surface area contributed by atoms with E-state index in [1.54, 1.807) is 0 Å². The molecule has 0 bridgehead atoms. The molecule has 1 rings (SSSR count). The van der Waals surface area contributed by atoms with Crippen molar-refractivity contribution in [2.45, 2.75) is 52.2 Å². The molecule has 0 saturated carbocycles. The molecule has 1 aliphatic heterocycles. The Balaban J connectivity index is 2.14. The molecule has 2 atom stereocenters. The molecule has 0 aliphatic carbocycles. The zero-order valence-corrected chi connectivity index (χ0v) is 9.18. The lowest BCUT2D eigenvalue weighted by Crippen LogP contribution is -2.32. The molecule has 1 saturated heterocycles. The van der Waals surface area contributed by atoms with Crippen LogP contribution in [0.25, 0.3) is 0 Å². The highest BCUT2D eigenvalue weighted by atomic mass is 16.5. The standard InChI is InChI=1S/C11H23NO/c1-9(2)13-10(3)7-11-5-4-6-12-8-11/h9-12H,4-8H2,1-3H3. The van der Waals surface area contributed by atoms with Gasteiger partial charge in [0.25, 0.3) is 0 Å². The number of nitrogens with one attached hydrogen (secondary N) is 1. The van der Waals surface area contributed by atoms with Crippen LogP contribution in [-0.2, 0) is 4.74 Å². The predicted octanol–water partition coefficient (Wildman–Crippen LogP) is 2.19. The topological polar surface area (TPSA) is 21.3 Å². The lowest BCUT2D eigenvalue weighted by atomic mass is 9.94. The summed E-state index contributed by atoms with van der Waals surface area (Å²) in [7, 11) is 0. The first-order valence-corrected chi connectivity index (χ1v) is 5.54. The molecule has 1 N–H and O–H groups in total. The minimum atomic E-state index is 0.367. The third-order valence-electron chi connectivity index (χ3n) is 2.57. The summed E-state index contributed by atoms with van der Waals surface area (Å²) < 4.78 is 5.73. The fourth-order valence-electron chi connectivity index (χ4n) is 2.11. The molecule has 13 heavy (non-hydrogen) atoms. The van der Waals surface area contributed by atoms with Gasteiger partial charge in [0.05, 0.1) is 12.2 Å². The lowest BCUT2D eigenvalue weighted by molar-refractivity contribution is 0.00367. The summed E-state index contributed by atoms with van der Waals surface area (Å²) >= 11 is 0. The molecular formula is C11H23NO. The van der Waals surface area contributed by atoms with Gasteiger partial charge in [0.2, 0.25) is 0 Å². The van der Waals surface area contributed by atoms with Gasteiger partial charge in [0.15, 0.2) is 0 Å². The fraction of sp³-hybridized carbons (Fsp3) is 1.00. The van der Waals surface area contributed by atoms with Crippen molar-refractivity contribution < 1.29 is 4.74 Å². The van der Waals surface area contributed by atoms with Crippen LogP contribution in [0.15, 0.2) is 0 Å². The van der Waals surface area contributed by atoms with Gasteiger partial charge in [-0.15, -0.1) is 0 Å². The van der Waals surface area contributed by atoms with E-state index in [-0.39, 0.29) is 0 Å². The van der Waals surface area contributed by atoms with E-state index in [4.69, 9.17) is 4.74 Å². The van der Waals surface area contributed by atoms with Crippen LogP contribution >= 0.6 is 0 Å². The van der Waals surface area contributed by atoms with Gasteiger partial charge >= 0.3 is 0 Å². The predicted molar refractivity (Wildman–Crippen MR) is 55.9 cm³/mol. The van der Waals surface area contributed by atoms with Gasteiger partial charge in [0, 0.05) is 0 Å². The molecule has 1 heterocycles. The molecule has 1 fully saturated rings. The van der Waals surface area contributed by atoms with Crippen molar-refractivity contribution in [1.29, 1.82) is 0 Å². The van der Waals surface area contributed by atoms with Crippen molar-refractivity contribution in [3.63, 3.8) is 0 Å². The highest BCUT2D eigenvalue weighted by molar-refractivity contribution is 4.71. The maximum Gasteiger partial charge on any atom is 0.0553 e. The number of piperidine rings is 1. The van der Waals surface area contributed by atoms with Crippen molar-refractivity contribution in [2.75, 3.05) is 13.1 Å². The second-order valence-electron chi connectivity index (χ2n) is 4.44. The number of rotatable bonds is 4. The molecule has 2 heteroatoms. The smallest absolute Gasteiger partial charge is 0.0553 e. The molecule has 78 valence electrons. The largest absolute Gasteiger partial charge is 0.376 e. The Morgan fingerprint density at radius 1 is 1.38 bits per heavy atom. The summed E-state index contributed by atoms with van der Waals surface area (Å²) in [6, 6.07) is 0. The number of ether oxygens (including phenoxy) is 1. The summed E-state index contributed by atoms with van der Waals surface area (Å²) in [6.07, 6.45) is 4.71. The molecule has 1 aliphatic rings. The molecule has 0 aromatic heterocycles. The highest BCUT2D eigenvalue weighted by Gasteiger charge is 2.16. The van der Waals surface area contributed by atoms with Crippen LogP contribution in [0.1, 0.15) is 40.0 Å². The Bertz CT molecular complexity index is 130. The summed E-state index contributed by atoms with van der Waals surface area (Å²) in [5.74, 6) is 0.836. The molecule has 0 spiro atoms. The van der Waals surface area contributed by atoms with E-state index >= 15 is 0 Å². The maximum atomic E-state index is 5.73. The van der Waals surface area contributed by atoms with Crippen LogP contribution in [0.5, 0.6) is 0 Å². The first-order valence-electron chi connectivity index (χ1n) is 5.54. The van der Waals surface area contributed by atoms with Crippen molar-refractivity contribution >= 4 is 0 Å². The monoisotopic (exact) mass is 185 g/mol. The zero-order chi connectivity index (χ0) is 9.68. The van der Waals surface area contributed by atoms with Crippen LogP contribution in [-0.4, -0.2) is 25.3 Å². The van der Waals surface area contributed by atoms with Crippen LogP contribution in [0.4, 0.5) is 0 Å². The Morgan fingerprint density at radius 3 is 2.69 bits per heavy atom. The first kappa shape index (κ1) is 11.0. The second kappa shape index (κ2) is 5.61. The van der Waals surface area contributed by atoms with Crippen LogP contribution < -0.4 is 5.32 Å². The van der Waals surface area contributed by atoms with E-state index in [2.05, 4.69) is 26.1 Å². The molecule has 0 aromatic rings. The zero-order valence-electron chi connectivity index (χ0n) is 9.18. The van der Waals surface area contributed by atoms with E-state index in [0.29, 0.717) is 12.2 Å². The first-order chi connectivity index (χ1) is 6.18. The molecule has 0 aromatic carbocycles. The second-order valence-corrected chi connectivity index (χ2v) is 4.44. The van der Waals surface area contributed by atoms with Crippen molar-refractivity contribution in [2.24, 2.45) is 5.92 Å². The van der Waals surface area contributed by atoms with E-state index < -0.39 is 0 Å². The highest BCUT2D eigenvalue weighted by Crippen LogP contribution is 2.17. The van der Waals surface area contributed by atoms with Crippen molar-refractivity contribution in [1.82, 2.24) is 5.32 Å². The molecule has 2 unspecified atom stereocenters. The molecular weight excluding hydrogens is 162 g/mol. The van der Waals surface area contributed by atoms with E-state index in [1.165, 1.54) is 32.4 Å². The average Bonchev–Trinajstić information content (AvgIpc) is 2.04. The average molecular weight is 185 g/mol. The van der Waals surface area contributed by atoms with E-state index in [1.807, 2.05) is 0 Å². The minimum Gasteiger partial charge on any atom is -0.376 e. The van der Waals surface area contributed by atoms with Gasteiger partial charge in [0.1, 0.15) is 0 Å². The van der Waals surface area contributed by atoms with Gasteiger partial charge in [-0.1, -0.05) is 0 Å². The van der Waals surface area contributed by atoms with Gasteiger partial charge < -0.3 is 10.1 Å². The maximum absolute atomic E-state index is 5.73. The summed E-state index contributed by atoms with van der Waals surface area (Å²) in [6.45, 7) is 8.79. The number of hydrogen-bond acceptors (Lipinski definition) is 2. The quantitative estimate of drug-likeness (QED) is 0.725. The minimum absolute atomic E-state index is 0.367. The molecule has 2 nitrogen and oxygen atoms in total. The van der Waals surface area contributed by atoms with Gasteiger partial charge in [-0.2, -0.15) is 0 Å². The Kier molecular flexibility index (Phi) is 4.74. The third-order valence-corrected chi connectivity index (χ3v) is 2.57. The van der Waals surface area contributed by atoms with Gasteiger partial charge in [-0.05, 0) is 59.0 Å². The normalized spacial score (nSPS) is 26.3. The summed E-state index contributed by atoms with van der Waals surface area (Å²) in [5, 5.41) is 3.44. The van der Waals surface area contributed by atoms with Gasteiger partial charge in [-0.3, -0.25) is 0 Å². The SMILES string of the molecule is CC(C)OC(C)CC1CCCNC1. The van der Waals surface area contributed by atoms with Crippen LogP contribution in [0.3, 0.4) is 0 Å². The van der Waals surface area contributed by atoms with E-state index in [9.17, 15) is 0 Å². The van der Waals surface area contributed by atoms with Crippen molar-refractivity contribution in [3.8, 4) is 0 Å². The third kappa shape index (κ3) is 4.63. The Hall–Kier alpha value is -0.0800. The summed E-state index contributed by atoms with van der Waals surface area (Å²) in [5.41, 5.74) is 0. The van der Waals surface area contributed by atoms with Crippen LogP contribution in [0, 0.1) is 5.92 Å². The molecule has 0 radical (unpaired) electrons. The Morgan fingerprint density at radius 2 is 2.15 bits per heavy atom. The van der Waals surface area contributed by atoms with Crippen molar-refractivity contribution in [3.05, 3.63) is 0 Å². The van der Waals surface area contributed by atoms with E-state index in [0.717, 1.165) is 5.92 Å². The Labute approximate surface area is 82.0 Å². The fourth-order valence-corrected chi connectivity index (χ4v) is 2.11. The molecule has 0 amide bonds. The summed E-state index contributed by atoms with van der Waals surface area (Å²) in [4.78, 5) is 0. The number of hydrogen-bond donors (Lipinski definition) is 1. The van der Waals surface area contributed by atoms with Gasteiger partial charge in [-0.25, -0.2) is 0 Å². The lowest BCUT2D eigenvalue weighted by Gasteiger charge is -2.26.